The lowest BCUT2D eigenvalue weighted by atomic mass is 10.2. The average molecular weight is 446 g/mol. The van der Waals surface area contributed by atoms with E-state index < -0.39 is 0 Å². The van der Waals surface area contributed by atoms with Gasteiger partial charge in [-0.3, -0.25) is 14.2 Å². The first-order valence-electron chi connectivity index (χ1n) is 10.9. The fourth-order valence-corrected chi connectivity index (χ4v) is 4.11. The molecule has 1 aliphatic rings. The summed E-state index contributed by atoms with van der Waals surface area (Å²) >= 11 is 0. The van der Waals surface area contributed by atoms with Crippen molar-refractivity contribution < 1.29 is 9.18 Å². The molecule has 5 rings (SSSR count). The minimum absolute atomic E-state index is 0.000679. The molecule has 8 nitrogen and oxygen atoms in total. The predicted molar refractivity (Wildman–Crippen MR) is 123 cm³/mol. The number of aromatic nitrogens is 4. The number of carbonyl (C=O) groups is 1. The van der Waals surface area contributed by atoms with Crippen molar-refractivity contribution >= 4 is 22.6 Å². The van der Waals surface area contributed by atoms with E-state index in [0.29, 0.717) is 37.2 Å². The zero-order valence-electron chi connectivity index (χ0n) is 18.0. The molecule has 0 atom stereocenters. The van der Waals surface area contributed by atoms with Crippen LogP contribution in [0.3, 0.4) is 0 Å². The standard InChI is InChI=1S/C24H23FN6O2/c25-18-6-8-19(9-7-18)28-12-14-29(15-13-28)22(32)10-11-30-17-26-23-21(24(30)33)16-27-31(23)20-4-2-1-3-5-20/h1-9,16-17H,10-15H2. The molecule has 2 aromatic heterocycles. The number of hydrogen-bond acceptors (Lipinski definition) is 5. The quantitative estimate of drug-likeness (QED) is 0.471. The summed E-state index contributed by atoms with van der Waals surface area (Å²) < 4.78 is 16.2. The highest BCUT2D eigenvalue weighted by molar-refractivity contribution is 5.77. The number of amides is 1. The molecular weight excluding hydrogens is 423 g/mol. The molecule has 0 spiro atoms. The highest BCUT2D eigenvalue weighted by atomic mass is 19.1. The molecule has 2 aromatic carbocycles. The van der Waals surface area contributed by atoms with Gasteiger partial charge in [-0.15, -0.1) is 0 Å². The lowest BCUT2D eigenvalue weighted by Crippen LogP contribution is -2.49. The van der Waals surface area contributed by atoms with E-state index in [-0.39, 0.29) is 30.2 Å². The third kappa shape index (κ3) is 4.21. The van der Waals surface area contributed by atoms with Gasteiger partial charge in [-0.2, -0.15) is 5.10 Å². The Morgan fingerprint density at radius 3 is 2.39 bits per heavy atom. The molecule has 0 N–H and O–H groups in total. The maximum absolute atomic E-state index is 13.1. The molecule has 0 bridgehead atoms. The van der Waals surface area contributed by atoms with Crippen LogP contribution in [0.1, 0.15) is 6.42 Å². The van der Waals surface area contributed by atoms with Crippen LogP contribution < -0.4 is 10.5 Å². The molecule has 4 aromatic rings. The molecule has 33 heavy (non-hydrogen) atoms. The molecule has 9 heteroatoms. The van der Waals surface area contributed by atoms with Crippen molar-refractivity contribution in [3.63, 3.8) is 0 Å². The minimum atomic E-state index is -0.261. The van der Waals surface area contributed by atoms with Crippen molar-refractivity contribution in [1.29, 1.82) is 0 Å². The van der Waals surface area contributed by atoms with E-state index in [9.17, 15) is 14.0 Å². The number of carbonyl (C=O) groups excluding carboxylic acids is 1. The van der Waals surface area contributed by atoms with Crippen LogP contribution >= 0.6 is 0 Å². The second kappa shape index (κ2) is 8.85. The Balaban J connectivity index is 1.22. The van der Waals surface area contributed by atoms with E-state index in [4.69, 9.17) is 0 Å². The number of piperazine rings is 1. The van der Waals surface area contributed by atoms with Gasteiger partial charge in [0.1, 0.15) is 11.2 Å². The lowest BCUT2D eigenvalue weighted by molar-refractivity contribution is -0.131. The van der Waals surface area contributed by atoms with Crippen LogP contribution in [0.25, 0.3) is 16.7 Å². The van der Waals surface area contributed by atoms with E-state index in [1.807, 2.05) is 35.2 Å². The minimum Gasteiger partial charge on any atom is -0.368 e. The Morgan fingerprint density at radius 1 is 0.939 bits per heavy atom. The van der Waals surface area contributed by atoms with E-state index in [2.05, 4.69) is 15.0 Å². The van der Waals surface area contributed by atoms with Gasteiger partial charge in [0.15, 0.2) is 5.65 Å². The summed E-state index contributed by atoms with van der Waals surface area (Å²) in [5, 5.41) is 4.73. The molecule has 168 valence electrons. The summed E-state index contributed by atoms with van der Waals surface area (Å²) in [7, 11) is 0. The Morgan fingerprint density at radius 2 is 1.67 bits per heavy atom. The molecule has 1 saturated heterocycles. The van der Waals surface area contributed by atoms with Crippen LogP contribution in [0, 0.1) is 5.82 Å². The summed E-state index contributed by atoms with van der Waals surface area (Å²) in [5.74, 6) is -0.261. The molecule has 1 aliphatic heterocycles. The number of benzene rings is 2. The summed E-state index contributed by atoms with van der Waals surface area (Å²) in [6.07, 6.45) is 3.21. The number of hydrogen-bond donors (Lipinski definition) is 0. The zero-order chi connectivity index (χ0) is 22.8. The summed E-state index contributed by atoms with van der Waals surface area (Å²) in [5.41, 5.74) is 2.05. The highest BCUT2D eigenvalue weighted by Gasteiger charge is 2.21. The van der Waals surface area contributed by atoms with E-state index in [1.54, 1.807) is 16.8 Å². The molecule has 0 unspecified atom stereocenters. The van der Waals surface area contributed by atoms with Gasteiger partial charge >= 0.3 is 0 Å². The number of anilines is 1. The lowest BCUT2D eigenvalue weighted by Gasteiger charge is -2.36. The Kier molecular flexibility index (Phi) is 5.60. The first kappa shape index (κ1) is 20.9. The largest absolute Gasteiger partial charge is 0.368 e. The molecular formula is C24H23FN6O2. The molecule has 3 heterocycles. The molecule has 1 fully saturated rings. The maximum atomic E-state index is 13.1. The Hall–Kier alpha value is -4.01. The normalized spacial score (nSPS) is 14.1. The topological polar surface area (TPSA) is 76.3 Å². The van der Waals surface area contributed by atoms with Crippen LogP contribution in [0.4, 0.5) is 10.1 Å². The summed E-state index contributed by atoms with van der Waals surface area (Å²) in [4.78, 5) is 34.0. The van der Waals surface area contributed by atoms with Crippen molar-refractivity contribution in [3.8, 4) is 5.69 Å². The van der Waals surface area contributed by atoms with E-state index in [1.165, 1.54) is 29.2 Å². The van der Waals surface area contributed by atoms with Gasteiger partial charge in [-0.1, -0.05) is 18.2 Å². The van der Waals surface area contributed by atoms with Crippen molar-refractivity contribution in [2.24, 2.45) is 0 Å². The third-order valence-corrected chi connectivity index (χ3v) is 5.95. The van der Waals surface area contributed by atoms with E-state index >= 15 is 0 Å². The van der Waals surface area contributed by atoms with Crippen molar-refractivity contribution in [2.45, 2.75) is 13.0 Å². The first-order valence-corrected chi connectivity index (χ1v) is 10.9. The van der Waals surface area contributed by atoms with Gasteiger partial charge in [0, 0.05) is 44.8 Å². The predicted octanol–water partition coefficient (Wildman–Crippen LogP) is 2.46. The maximum Gasteiger partial charge on any atom is 0.264 e. The van der Waals surface area contributed by atoms with Crippen molar-refractivity contribution in [1.82, 2.24) is 24.2 Å². The highest BCUT2D eigenvalue weighted by Crippen LogP contribution is 2.17. The van der Waals surface area contributed by atoms with Gasteiger partial charge in [-0.05, 0) is 36.4 Å². The van der Waals surface area contributed by atoms with Gasteiger partial charge in [-0.25, -0.2) is 14.1 Å². The third-order valence-electron chi connectivity index (χ3n) is 5.95. The number of para-hydroxylation sites is 1. The smallest absolute Gasteiger partial charge is 0.264 e. The number of fused-ring (bicyclic) bond motifs is 1. The van der Waals surface area contributed by atoms with Crippen LogP contribution in [0.2, 0.25) is 0 Å². The molecule has 0 saturated carbocycles. The van der Waals surface area contributed by atoms with Crippen molar-refractivity contribution in [2.75, 3.05) is 31.1 Å². The number of halogens is 1. The van der Waals surface area contributed by atoms with Crippen LogP contribution in [-0.2, 0) is 11.3 Å². The van der Waals surface area contributed by atoms with Crippen LogP contribution in [-0.4, -0.2) is 56.3 Å². The zero-order valence-corrected chi connectivity index (χ0v) is 18.0. The first-order chi connectivity index (χ1) is 16.1. The fraction of sp³-hybridized carbons (Fsp3) is 0.250. The van der Waals surface area contributed by atoms with Crippen molar-refractivity contribution in [3.05, 3.63) is 83.3 Å². The van der Waals surface area contributed by atoms with Gasteiger partial charge in [0.05, 0.1) is 18.2 Å². The molecule has 1 amide bonds. The van der Waals surface area contributed by atoms with Gasteiger partial charge in [0.25, 0.3) is 5.56 Å². The van der Waals surface area contributed by atoms with Crippen LogP contribution in [0.5, 0.6) is 0 Å². The number of nitrogens with zero attached hydrogens (tertiary/aromatic N) is 6. The SMILES string of the molecule is O=C(CCn1cnc2c(cnn2-c2ccccc2)c1=O)N1CCN(c2ccc(F)cc2)CC1. The van der Waals surface area contributed by atoms with Gasteiger partial charge in [0.2, 0.25) is 5.91 Å². The Bertz CT molecular complexity index is 1320. The summed E-state index contributed by atoms with van der Waals surface area (Å²) in [6.45, 7) is 2.81. The van der Waals surface area contributed by atoms with Crippen LogP contribution in [0.15, 0.2) is 71.9 Å². The molecule has 0 aliphatic carbocycles. The number of rotatable bonds is 5. The molecule has 0 radical (unpaired) electrons. The summed E-state index contributed by atoms with van der Waals surface area (Å²) in [6, 6.07) is 15.9. The fourth-order valence-electron chi connectivity index (χ4n) is 4.11. The Labute approximate surface area is 189 Å². The average Bonchev–Trinajstić information content (AvgIpc) is 3.30. The monoisotopic (exact) mass is 446 g/mol. The van der Waals surface area contributed by atoms with Gasteiger partial charge < -0.3 is 9.80 Å². The second-order valence-electron chi connectivity index (χ2n) is 7.97. The second-order valence-corrected chi connectivity index (χ2v) is 7.97. The number of aryl methyl sites for hydroxylation is 1. The van der Waals surface area contributed by atoms with E-state index in [0.717, 1.165) is 11.4 Å².